The van der Waals surface area contributed by atoms with Gasteiger partial charge in [0.1, 0.15) is 11.4 Å². The van der Waals surface area contributed by atoms with E-state index in [1.165, 1.54) is 6.07 Å². The Morgan fingerprint density at radius 2 is 2.00 bits per heavy atom. The molecule has 3 heterocycles. The molecular weight excluding hydrogens is 400 g/mol. The molecule has 0 bridgehead atoms. The van der Waals surface area contributed by atoms with E-state index in [1.54, 1.807) is 23.5 Å². The first-order valence-electron chi connectivity index (χ1n) is 9.33. The quantitative estimate of drug-likeness (QED) is 0.470. The molecule has 1 aliphatic heterocycles. The van der Waals surface area contributed by atoms with Gasteiger partial charge in [0.15, 0.2) is 0 Å². The lowest BCUT2D eigenvalue weighted by atomic mass is 9.99. The highest BCUT2D eigenvalue weighted by Crippen LogP contribution is 2.31. The second kappa shape index (κ2) is 7.57. The van der Waals surface area contributed by atoms with Crippen LogP contribution in [0.2, 0.25) is 0 Å². The van der Waals surface area contributed by atoms with E-state index in [0.29, 0.717) is 18.7 Å². The molecule has 8 heteroatoms. The summed E-state index contributed by atoms with van der Waals surface area (Å²) < 4.78 is 6.87. The number of hydrogen-bond acceptors (Lipinski definition) is 7. The number of nitrogens with zero attached hydrogens (tertiary/aromatic N) is 3. The number of hydrogen-bond donors (Lipinski definition) is 2. The summed E-state index contributed by atoms with van der Waals surface area (Å²) in [4.78, 5) is 20.0. The number of thiazole rings is 1. The molecule has 0 aliphatic carbocycles. The topological polar surface area (TPSA) is 96.7 Å². The van der Waals surface area contributed by atoms with Crippen LogP contribution in [-0.4, -0.2) is 33.4 Å². The molecule has 2 N–H and O–H groups in total. The average molecular weight is 416 g/mol. The standard InChI is InChI=1S/C22H16N4O3S/c27-21(28)18-6-3-5-15(23-18)13-8-9-19-14(12-13)16(10-11-29-19)25-26-22-24-17-4-1-2-7-20(17)30-22/h1-9,12H,10-11H2,(H,24,26)(H,27,28)/b25-16+. The van der Waals surface area contributed by atoms with E-state index in [-0.39, 0.29) is 5.69 Å². The maximum Gasteiger partial charge on any atom is 0.354 e. The fourth-order valence-corrected chi connectivity index (χ4v) is 4.11. The maximum atomic E-state index is 11.2. The predicted octanol–water partition coefficient (Wildman–Crippen LogP) is 4.66. The minimum absolute atomic E-state index is 0.00728. The molecule has 0 radical (unpaired) electrons. The number of para-hydroxylation sites is 1. The van der Waals surface area contributed by atoms with Gasteiger partial charge in [-0.1, -0.05) is 29.5 Å². The lowest BCUT2D eigenvalue weighted by Gasteiger charge is -2.19. The van der Waals surface area contributed by atoms with Gasteiger partial charge < -0.3 is 9.84 Å². The summed E-state index contributed by atoms with van der Waals surface area (Å²) in [5.74, 6) is -0.315. The lowest BCUT2D eigenvalue weighted by molar-refractivity contribution is 0.0690. The van der Waals surface area contributed by atoms with Crippen LogP contribution in [0.5, 0.6) is 5.75 Å². The van der Waals surface area contributed by atoms with Crippen LogP contribution in [0.1, 0.15) is 22.5 Å². The highest BCUT2D eigenvalue weighted by molar-refractivity contribution is 7.22. The molecule has 7 nitrogen and oxygen atoms in total. The number of carbonyl (C=O) groups is 1. The van der Waals surface area contributed by atoms with E-state index >= 15 is 0 Å². The van der Waals surface area contributed by atoms with Crippen molar-refractivity contribution < 1.29 is 14.6 Å². The normalized spacial score (nSPS) is 14.3. The third-order valence-electron chi connectivity index (χ3n) is 4.73. The van der Waals surface area contributed by atoms with Crippen LogP contribution in [0.15, 0.2) is 65.8 Å². The smallest absolute Gasteiger partial charge is 0.354 e. The molecule has 0 amide bonds. The van der Waals surface area contributed by atoms with Gasteiger partial charge in [0.25, 0.3) is 0 Å². The van der Waals surface area contributed by atoms with E-state index in [2.05, 4.69) is 20.5 Å². The fraction of sp³-hybridized carbons (Fsp3) is 0.0909. The van der Waals surface area contributed by atoms with Crippen LogP contribution in [0.3, 0.4) is 0 Å². The summed E-state index contributed by atoms with van der Waals surface area (Å²) in [5, 5.41) is 14.5. The molecule has 2 aromatic carbocycles. The Morgan fingerprint density at radius 3 is 2.87 bits per heavy atom. The van der Waals surface area contributed by atoms with Crippen molar-refractivity contribution in [3.8, 4) is 17.0 Å². The van der Waals surface area contributed by atoms with Crippen molar-refractivity contribution >= 4 is 38.4 Å². The highest BCUT2D eigenvalue weighted by atomic mass is 32.1. The number of rotatable bonds is 4. The minimum atomic E-state index is -1.06. The summed E-state index contributed by atoms with van der Waals surface area (Å²) >= 11 is 1.55. The molecule has 1 aliphatic rings. The van der Waals surface area contributed by atoms with E-state index < -0.39 is 5.97 Å². The Balaban J connectivity index is 1.48. The highest BCUT2D eigenvalue weighted by Gasteiger charge is 2.19. The van der Waals surface area contributed by atoms with Crippen molar-refractivity contribution in [2.24, 2.45) is 5.10 Å². The van der Waals surface area contributed by atoms with Crippen LogP contribution in [0, 0.1) is 0 Å². The molecule has 4 aromatic rings. The van der Waals surface area contributed by atoms with Crippen molar-refractivity contribution in [2.45, 2.75) is 6.42 Å². The fourth-order valence-electron chi connectivity index (χ4n) is 3.30. The zero-order valence-corrected chi connectivity index (χ0v) is 16.5. The van der Waals surface area contributed by atoms with Gasteiger partial charge in [-0.3, -0.25) is 5.43 Å². The van der Waals surface area contributed by atoms with Gasteiger partial charge in [-0.15, -0.1) is 0 Å². The lowest BCUT2D eigenvalue weighted by Crippen LogP contribution is -2.17. The van der Waals surface area contributed by atoms with E-state index in [4.69, 9.17) is 4.74 Å². The van der Waals surface area contributed by atoms with Crippen molar-refractivity contribution in [2.75, 3.05) is 12.0 Å². The molecule has 5 rings (SSSR count). The molecule has 0 unspecified atom stereocenters. The van der Waals surface area contributed by atoms with E-state index in [0.717, 1.165) is 37.9 Å². The molecule has 30 heavy (non-hydrogen) atoms. The van der Waals surface area contributed by atoms with Gasteiger partial charge in [-0.05, 0) is 42.5 Å². The number of aromatic carboxylic acids is 1. The molecule has 0 saturated heterocycles. The number of ether oxygens (including phenoxy) is 1. The number of carboxylic acids is 1. The number of fused-ring (bicyclic) bond motifs is 2. The molecular formula is C22H16N4O3S. The molecule has 0 atom stereocenters. The zero-order valence-electron chi connectivity index (χ0n) is 15.7. The number of pyridine rings is 1. The van der Waals surface area contributed by atoms with Crippen molar-refractivity contribution in [3.05, 3.63) is 71.9 Å². The SMILES string of the molecule is O=C(O)c1cccc(-c2ccc3c(c2)/C(=N/Nc2nc4ccccc4s2)CCO3)n1. The zero-order chi connectivity index (χ0) is 20.5. The van der Waals surface area contributed by atoms with Gasteiger partial charge >= 0.3 is 5.97 Å². The number of carboxylic acid groups (broad SMARTS) is 1. The maximum absolute atomic E-state index is 11.2. The van der Waals surface area contributed by atoms with Crippen LogP contribution in [-0.2, 0) is 0 Å². The summed E-state index contributed by atoms with van der Waals surface area (Å²) in [7, 11) is 0. The van der Waals surface area contributed by atoms with Crippen molar-refractivity contribution in [1.82, 2.24) is 9.97 Å². The average Bonchev–Trinajstić information content (AvgIpc) is 3.20. The Hall–Kier alpha value is -3.78. The largest absolute Gasteiger partial charge is 0.492 e. The number of anilines is 1. The Morgan fingerprint density at radius 1 is 1.10 bits per heavy atom. The minimum Gasteiger partial charge on any atom is -0.492 e. The monoisotopic (exact) mass is 416 g/mol. The third-order valence-corrected chi connectivity index (χ3v) is 5.67. The summed E-state index contributed by atoms with van der Waals surface area (Å²) in [6.07, 6.45) is 0.650. The third kappa shape index (κ3) is 3.48. The second-order valence-corrected chi connectivity index (χ2v) is 7.71. The number of aromatic nitrogens is 2. The van der Waals surface area contributed by atoms with Gasteiger partial charge in [-0.2, -0.15) is 5.10 Å². The van der Waals surface area contributed by atoms with Crippen LogP contribution in [0.4, 0.5) is 5.13 Å². The van der Waals surface area contributed by atoms with Crippen LogP contribution >= 0.6 is 11.3 Å². The van der Waals surface area contributed by atoms with E-state index in [9.17, 15) is 9.90 Å². The predicted molar refractivity (Wildman–Crippen MR) is 117 cm³/mol. The van der Waals surface area contributed by atoms with Crippen molar-refractivity contribution in [1.29, 1.82) is 0 Å². The van der Waals surface area contributed by atoms with Gasteiger partial charge in [0, 0.05) is 17.5 Å². The Labute approximate surface area is 175 Å². The summed E-state index contributed by atoms with van der Waals surface area (Å²) in [6, 6.07) is 18.6. The van der Waals surface area contributed by atoms with Gasteiger partial charge in [-0.25, -0.2) is 14.8 Å². The molecule has 0 spiro atoms. The molecule has 0 saturated carbocycles. The Kier molecular flexibility index (Phi) is 4.61. The molecule has 2 aromatic heterocycles. The first kappa shape index (κ1) is 18.3. The Bertz CT molecular complexity index is 1270. The van der Waals surface area contributed by atoms with Crippen LogP contribution in [0.25, 0.3) is 21.5 Å². The first-order valence-corrected chi connectivity index (χ1v) is 10.1. The van der Waals surface area contributed by atoms with E-state index in [1.807, 2.05) is 42.5 Å². The number of hydrazone groups is 1. The number of benzene rings is 2. The first-order chi connectivity index (χ1) is 14.7. The van der Waals surface area contributed by atoms with Gasteiger partial charge in [0.05, 0.1) is 28.2 Å². The summed E-state index contributed by atoms with van der Waals surface area (Å²) in [5.41, 5.74) is 7.11. The summed E-state index contributed by atoms with van der Waals surface area (Å²) in [6.45, 7) is 0.541. The molecule has 0 fully saturated rings. The molecule has 148 valence electrons. The van der Waals surface area contributed by atoms with Gasteiger partial charge in [0.2, 0.25) is 5.13 Å². The van der Waals surface area contributed by atoms with Crippen molar-refractivity contribution in [3.63, 3.8) is 0 Å². The van der Waals surface area contributed by atoms with Crippen LogP contribution < -0.4 is 10.2 Å². The second-order valence-electron chi connectivity index (χ2n) is 6.68. The number of nitrogens with one attached hydrogen (secondary N) is 1.